The van der Waals surface area contributed by atoms with Crippen molar-refractivity contribution in [2.75, 3.05) is 45.9 Å². The van der Waals surface area contributed by atoms with Crippen LogP contribution in [0, 0.1) is 0 Å². The van der Waals surface area contributed by atoms with Crippen LogP contribution >= 0.6 is 11.3 Å². The number of carbonyl (C=O) groups is 1. The third kappa shape index (κ3) is 6.17. The van der Waals surface area contributed by atoms with Crippen LogP contribution in [-0.4, -0.2) is 77.7 Å². The summed E-state index contributed by atoms with van der Waals surface area (Å²) in [6, 6.07) is 14.8. The SMILES string of the molecule is CC(COc1ccc(Oc2ncccc2C(=O)c2cccs2)cc1)N1CCN(CCO)CC1. The van der Waals surface area contributed by atoms with Gasteiger partial charge in [-0.15, -0.1) is 11.3 Å². The summed E-state index contributed by atoms with van der Waals surface area (Å²) in [6.45, 7) is 7.64. The lowest BCUT2D eigenvalue weighted by Gasteiger charge is -2.37. The van der Waals surface area contributed by atoms with E-state index in [0.717, 1.165) is 38.5 Å². The van der Waals surface area contributed by atoms with Gasteiger partial charge in [-0.25, -0.2) is 4.98 Å². The highest BCUT2D eigenvalue weighted by atomic mass is 32.1. The second-order valence-electron chi connectivity index (χ2n) is 8.00. The van der Waals surface area contributed by atoms with E-state index in [1.165, 1.54) is 11.3 Å². The number of ketones is 1. The molecule has 0 spiro atoms. The number of nitrogens with zero attached hydrogens (tertiary/aromatic N) is 3. The minimum absolute atomic E-state index is 0.0979. The number of hydrogen-bond donors (Lipinski definition) is 1. The lowest BCUT2D eigenvalue weighted by molar-refractivity contribution is 0.0701. The Bertz CT molecular complexity index is 1020. The summed E-state index contributed by atoms with van der Waals surface area (Å²) in [5.41, 5.74) is 0.438. The van der Waals surface area contributed by atoms with Gasteiger partial charge in [0.05, 0.1) is 17.0 Å². The molecule has 8 heteroatoms. The fraction of sp³-hybridized carbons (Fsp3) is 0.360. The number of benzene rings is 1. The Hall–Kier alpha value is -2.78. The second-order valence-corrected chi connectivity index (χ2v) is 8.94. The summed E-state index contributed by atoms with van der Waals surface area (Å²) >= 11 is 1.40. The number of aliphatic hydroxyl groups excluding tert-OH is 1. The molecule has 1 aliphatic rings. The van der Waals surface area contributed by atoms with Gasteiger partial charge in [-0.05, 0) is 54.8 Å². The van der Waals surface area contributed by atoms with E-state index in [-0.39, 0.29) is 12.4 Å². The van der Waals surface area contributed by atoms with Crippen molar-refractivity contribution in [2.24, 2.45) is 0 Å². The number of aliphatic hydroxyl groups is 1. The zero-order valence-corrected chi connectivity index (χ0v) is 19.5. The van der Waals surface area contributed by atoms with Crippen LogP contribution in [0.25, 0.3) is 0 Å². The van der Waals surface area contributed by atoms with E-state index in [1.807, 2.05) is 35.7 Å². The lowest BCUT2D eigenvalue weighted by atomic mass is 10.1. The summed E-state index contributed by atoms with van der Waals surface area (Å²) in [6.07, 6.45) is 1.61. The maximum atomic E-state index is 12.8. The number of aromatic nitrogens is 1. The van der Waals surface area contributed by atoms with Gasteiger partial charge in [0, 0.05) is 45.0 Å². The van der Waals surface area contributed by atoms with Crippen LogP contribution in [0.1, 0.15) is 22.2 Å². The highest BCUT2D eigenvalue weighted by Gasteiger charge is 2.21. The largest absolute Gasteiger partial charge is 0.492 e. The van der Waals surface area contributed by atoms with Crippen molar-refractivity contribution in [1.82, 2.24) is 14.8 Å². The van der Waals surface area contributed by atoms with Gasteiger partial charge in [-0.1, -0.05) is 6.07 Å². The van der Waals surface area contributed by atoms with E-state index in [2.05, 4.69) is 21.7 Å². The molecule has 33 heavy (non-hydrogen) atoms. The molecular formula is C25H29N3O4S. The Labute approximate surface area is 198 Å². The van der Waals surface area contributed by atoms with Crippen LogP contribution in [0.2, 0.25) is 0 Å². The summed E-state index contributed by atoms with van der Waals surface area (Å²) in [4.78, 5) is 22.4. The minimum atomic E-state index is -0.0979. The van der Waals surface area contributed by atoms with Crippen LogP contribution < -0.4 is 9.47 Å². The summed E-state index contributed by atoms with van der Waals surface area (Å²) in [7, 11) is 0. The van der Waals surface area contributed by atoms with Gasteiger partial charge in [-0.3, -0.25) is 14.6 Å². The molecule has 3 heterocycles. The second kappa shape index (κ2) is 11.4. The van der Waals surface area contributed by atoms with Crippen molar-refractivity contribution in [1.29, 1.82) is 0 Å². The number of ether oxygens (including phenoxy) is 2. The van der Waals surface area contributed by atoms with E-state index in [1.54, 1.807) is 24.4 Å². The van der Waals surface area contributed by atoms with Crippen LogP contribution in [0.5, 0.6) is 17.4 Å². The first-order valence-corrected chi connectivity index (χ1v) is 12.0. The zero-order chi connectivity index (χ0) is 23.0. The van der Waals surface area contributed by atoms with E-state index >= 15 is 0 Å². The molecule has 1 aromatic carbocycles. The molecule has 0 radical (unpaired) electrons. The number of rotatable bonds is 10. The number of pyridine rings is 1. The fourth-order valence-electron chi connectivity index (χ4n) is 3.79. The quantitative estimate of drug-likeness (QED) is 0.457. The molecule has 1 aliphatic heterocycles. The molecule has 1 saturated heterocycles. The number of hydrogen-bond acceptors (Lipinski definition) is 8. The van der Waals surface area contributed by atoms with Gasteiger partial charge in [0.1, 0.15) is 18.1 Å². The average molecular weight is 468 g/mol. The van der Waals surface area contributed by atoms with Crippen LogP contribution in [0.15, 0.2) is 60.1 Å². The predicted octanol–water partition coefficient (Wildman–Crippen LogP) is 3.54. The Balaban J connectivity index is 1.31. The van der Waals surface area contributed by atoms with E-state index < -0.39 is 0 Å². The minimum Gasteiger partial charge on any atom is -0.492 e. The van der Waals surface area contributed by atoms with E-state index in [4.69, 9.17) is 14.6 Å². The molecule has 1 atom stereocenters. The normalized spacial score (nSPS) is 15.8. The van der Waals surface area contributed by atoms with E-state index in [0.29, 0.717) is 34.7 Å². The molecule has 1 unspecified atom stereocenters. The van der Waals surface area contributed by atoms with Gasteiger partial charge in [0.15, 0.2) is 0 Å². The van der Waals surface area contributed by atoms with Crippen molar-refractivity contribution in [3.63, 3.8) is 0 Å². The maximum absolute atomic E-state index is 12.8. The Morgan fingerprint density at radius 3 is 2.55 bits per heavy atom. The first-order chi connectivity index (χ1) is 16.1. The van der Waals surface area contributed by atoms with Gasteiger partial charge < -0.3 is 14.6 Å². The third-order valence-corrected chi connectivity index (χ3v) is 6.61. The van der Waals surface area contributed by atoms with Crippen LogP contribution in [0.4, 0.5) is 0 Å². The number of piperazine rings is 1. The Morgan fingerprint density at radius 1 is 1.09 bits per heavy atom. The number of β-amino-alcohol motifs (C(OH)–C–C–N with tert-alkyl or cyclic N) is 1. The monoisotopic (exact) mass is 467 g/mol. The molecule has 1 fully saturated rings. The van der Waals surface area contributed by atoms with Crippen LogP contribution in [0.3, 0.4) is 0 Å². The summed E-state index contributed by atoms with van der Waals surface area (Å²) in [5.74, 6) is 1.55. The zero-order valence-electron chi connectivity index (χ0n) is 18.7. The molecule has 1 N–H and O–H groups in total. The van der Waals surface area contributed by atoms with Gasteiger partial charge in [-0.2, -0.15) is 0 Å². The third-order valence-electron chi connectivity index (χ3n) is 5.74. The van der Waals surface area contributed by atoms with Crippen molar-refractivity contribution in [3.8, 4) is 17.4 Å². The van der Waals surface area contributed by atoms with Crippen molar-refractivity contribution in [2.45, 2.75) is 13.0 Å². The van der Waals surface area contributed by atoms with Crippen molar-refractivity contribution >= 4 is 17.1 Å². The van der Waals surface area contributed by atoms with Crippen LogP contribution in [-0.2, 0) is 0 Å². The summed E-state index contributed by atoms with van der Waals surface area (Å²) in [5, 5.41) is 11.0. The number of carbonyl (C=O) groups excluding carboxylic acids is 1. The first-order valence-electron chi connectivity index (χ1n) is 11.2. The van der Waals surface area contributed by atoms with Crippen molar-refractivity contribution in [3.05, 3.63) is 70.5 Å². The predicted molar refractivity (Wildman–Crippen MR) is 129 cm³/mol. The first kappa shape index (κ1) is 23.4. The highest BCUT2D eigenvalue weighted by Crippen LogP contribution is 2.27. The van der Waals surface area contributed by atoms with Gasteiger partial charge in [0.25, 0.3) is 0 Å². The highest BCUT2D eigenvalue weighted by molar-refractivity contribution is 7.12. The molecule has 0 amide bonds. The summed E-state index contributed by atoms with van der Waals surface area (Å²) < 4.78 is 11.9. The lowest BCUT2D eigenvalue weighted by Crippen LogP contribution is -2.51. The smallest absolute Gasteiger partial charge is 0.230 e. The van der Waals surface area contributed by atoms with Crippen molar-refractivity contribution < 1.29 is 19.4 Å². The molecule has 0 bridgehead atoms. The Morgan fingerprint density at radius 2 is 1.85 bits per heavy atom. The topological polar surface area (TPSA) is 75.1 Å². The molecule has 4 rings (SSSR count). The standard InChI is InChI=1S/C25H29N3O4S/c1-19(28-13-11-27(12-14-28)15-16-29)18-31-20-6-8-21(9-7-20)32-25-22(4-2-10-26-25)24(30)23-5-3-17-33-23/h2-10,17,19,29H,11-16,18H2,1H3. The van der Waals surface area contributed by atoms with Gasteiger partial charge >= 0.3 is 0 Å². The molecule has 174 valence electrons. The molecule has 0 saturated carbocycles. The molecule has 7 nitrogen and oxygen atoms in total. The Kier molecular flexibility index (Phi) is 8.06. The maximum Gasteiger partial charge on any atom is 0.230 e. The van der Waals surface area contributed by atoms with Gasteiger partial charge in [0.2, 0.25) is 11.7 Å². The average Bonchev–Trinajstić information content (AvgIpc) is 3.39. The number of thiophene rings is 1. The molecule has 3 aromatic rings. The molecule has 0 aliphatic carbocycles. The molecular weight excluding hydrogens is 438 g/mol. The fourth-order valence-corrected chi connectivity index (χ4v) is 4.47. The molecule has 2 aromatic heterocycles. The van der Waals surface area contributed by atoms with E-state index in [9.17, 15) is 4.79 Å².